The van der Waals surface area contributed by atoms with Crippen LogP contribution in [0.1, 0.15) is 11.1 Å². The predicted octanol–water partition coefficient (Wildman–Crippen LogP) is 4.10. The maximum absolute atomic E-state index is 11.6. The van der Waals surface area contributed by atoms with Crippen LogP contribution in [0.15, 0.2) is 53.0 Å². The Hall–Kier alpha value is -2.47. The molecule has 2 rings (SSSR count). The molecule has 0 aromatic heterocycles. The minimum absolute atomic E-state index is 0.0368. The number of aromatic hydroxyl groups is 1. The molecule has 0 spiro atoms. The highest BCUT2D eigenvalue weighted by Gasteiger charge is 2.09. The molecule has 0 saturated carbocycles. The Kier molecular flexibility index (Phi) is 6.69. The lowest BCUT2D eigenvalue weighted by molar-refractivity contribution is 0.141. The standard InChI is InChI=1S/C18H18BrNO4/c1-23-16-10-9-15(19)14(17(16)21)8-5-11-20-18(22)24-12-13-6-3-2-4-7-13/h2-10,21H,11-12H2,1H3,(H,20,22). The van der Waals surface area contributed by atoms with E-state index in [4.69, 9.17) is 9.47 Å². The van der Waals surface area contributed by atoms with Crippen LogP contribution in [0.3, 0.4) is 0 Å². The highest BCUT2D eigenvalue weighted by Crippen LogP contribution is 2.35. The molecule has 1 amide bonds. The summed E-state index contributed by atoms with van der Waals surface area (Å²) in [6.45, 7) is 0.495. The average molecular weight is 392 g/mol. The summed E-state index contributed by atoms with van der Waals surface area (Å²) in [4.78, 5) is 11.6. The molecule has 0 unspecified atom stereocenters. The second-order valence-electron chi connectivity index (χ2n) is 4.86. The first-order valence-corrected chi connectivity index (χ1v) is 8.07. The smallest absolute Gasteiger partial charge is 0.407 e. The van der Waals surface area contributed by atoms with Gasteiger partial charge >= 0.3 is 6.09 Å². The summed E-state index contributed by atoms with van der Waals surface area (Å²) in [7, 11) is 1.49. The van der Waals surface area contributed by atoms with E-state index in [1.807, 2.05) is 30.3 Å². The molecular weight excluding hydrogens is 374 g/mol. The Morgan fingerprint density at radius 3 is 2.71 bits per heavy atom. The summed E-state index contributed by atoms with van der Waals surface area (Å²) in [5.74, 6) is 0.419. The van der Waals surface area contributed by atoms with E-state index in [2.05, 4.69) is 21.2 Å². The van der Waals surface area contributed by atoms with E-state index in [9.17, 15) is 9.90 Å². The largest absolute Gasteiger partial charge is 0.504 e. The average Bonchev–Trinajstić information content (AvgIpc) is 2.60. The van der Waals surface area contributed by atoms with Crippen LogP contribution in [0.5, 0.6) is 11.5 Å². The third kappa shape index (κ3) is 5.03. The van der Waals surface area contributed by atoms with Gasteiger partial charge in [-0.25, -0.2) is 4.79 Å². The van der Waals surface area contributed by atoms with Crippen molar-refractivity contribution in [2.24, 2.45) is 0 Å². The molecule has 2 aromatic carbocycles. The molecule has 0 aliphatic carbocycles. The van der Waals surface area contributed by atoms with Crippen LogP contribution in [-0.4, -0.2) is 24.9 Å². The fourth-order valence-electron chi connectivity index (χ4n) is 1.98. The zero-order valence-electron chi connectivity index (χ0n) is 13.2. The first-order chi connectivity index (χ1) is 11.6. The van der Waals surface area contributed by atoms with Crippen molar-refractivity contribution in [2.45, 2.75) is 6.61 Å². The molecule has 126 valence electrons. The molecule has 2 aromatic rings. The van der Waals surface area contributed by atoms with Crippen molar-refractivity contribution < 1.29 is 19.4 Å². The topological polar surface area (TPSA) is 67.8 Å². The van der Waals surface area contributed by atoms with Gasteiger partial charge in [-0.15, -0.1) is 0 Å². The number of carbonyl (C=O) groups is 1. The molecule has 0 saturated heterocycles. The lowest BCUT2D eigenvalue weighted by atomic mass is 10.1. The highest BCUT2D eigenvalue weighted by molar-refractivity contribution is 9.10. The Labute approximate surface area is 149 Å². The summed E-state index contributed by atoms with van der Waals surface area (Å²) in [6, 6.07) is 12.9. The fourth-order valence-corrected chi connectivity index (χ4v) is 2.43. The number of hydrogen-bond donors (Lipinski definition) is 2. The van der Waals surface area contributed by atoms with Crippen LogP contribution in [0.4, 0.5) is 4.79 Å². The van der Waals surface area contributed by atoms with E-state index in [0.29, 0.717) is 11.3 Å². The Morgan fingerprint density at radius 2 is 2.00 bits per heavy atom. The number of benzene rings is 2. The maximum Gasteiger partial charge on any atom is 0.407 e. The summed E-state index contributed by atoms with van der Waals surface area (Å²) >= 11 is 3.36. The van der Waals surface area contributed by atoms with E-state index >= 15 is 0 Å². The second-order valence-corrected chi connectivity index (χ2v) is 5.71. The number of alkyl carbamates (subject to hydrolysis) is 1. The molecule has 0 fully saturated rings. The van der Waals surface area contributed by atoms with Gasteiger partial charge in [0.25, 0.3) is 0 Å². The van der Waals surface area contributed by atoms with E-state index in [1.165, 1.54) is 7.11 Å². The SMILES string of the molecule is COc1ccc(Br)c(C=CCNC(=O)OCc2ccccc2)c1O. The predicted molar refractivity (Wildman–Crippen MR) is 96.0 cm³/mol. The van der Waals surface area contributed by atoms with Crippen molar-refractivity contribution in [3.8, 4) is 11.5 Å². The summed E-state index contributed by atoms with van der Waals surface area (Å²) in [5.41, 5.74) is 1.50. The number of hydrogen-bond acceptors (Lipinski definition) is 4. The molecule has 6 heteroatoms. The Bertz CT molecular complexity index is 716. The zero-order valence-corrected chi connectivity index (χ0v) is 14.7. The van der Waals surface area contributed by atoms with Crippen molar-refractivity contribution in [1.82, 2.24) is 5.32 Å². The Morgan fingerprint density at radius 1 is 1.25 bits per heavy atom. The van der Waals surface area contributed by atoms with Crippen LogP contribution in [0.2, 0.25) is 0 Å². The van der Waals surface area contributed by atoms with Crippen LogP contribution in [0, 0.1) is 0 Å². The van der Waals surface area contributed by atoms with Gasteiger partial charge in [0.15, 0.2) is 11.5 Å². The number of methoxy groups -OCH3 is 1. The number of ether oxygens (including phenoxy) is 2. The highest BCUT2D eigenvalue weighted by atomic mass is 79.9. The molecule has 0 heterocycles. The van der Waals surface area contributed by atoms with E-state index in [0.717, 1.165) is 10.0 Å². The maximum atomic E-state index is 11.6. The van der Waals surface area contributed by atoms with Gasteiger partial charge < -0.3 is 19.9 Å². The summed E-state index contributed by atoms with van der Waals surface area (Å²) in [6.07, 6.45) is 2.90. The normalized spacial score (nSPS) is 10.6. The van der Waals surface area contributed by atoms with Gasteiger partial charge in [-0.1, -0.05) is 58.4 Å². The van der Waals surface area contributed by atoms with Crippen LogP contribution < -0.4 is 10.1 Å². The van der Waals surface area contributed by atoms with Gasteiger partial charge in [-0.2, -0.15) is 0 Å². The van der Waals surface area contributed by atoms with Gasteiger partial charge in [-0.3, -0.25) is 0 Å². The molecular formula is C18H18BrNO4. The quantitative estimate of drug-likeness (QED) is 0.777. The number of phenolic OH excluding ortho intramolecular Hbond substituents is 1. The summed E-state index contributed by atoms with van der Waals surface area (Å²) < 4.78 is 10.9. The lowest BCUT2D eigenvalue weighted by Gasteiger charge is -2.08. The van der Waals surface area contributed by atoms with E-state index < -0.39 is 6.09 Å². The monoisotopic (exact) mass is 391 g/mol. The van der Waals surface area contributed by atoms with Crippen LogP contribution in [0.25, 0.3) is 6.08 Å². The molecule has 0 bridgehead atoms. The number of phenols is 1. The van der Waals surface area contributed by atoms with Crippen molar-refractivity contribution in [3.63, 3.8) is 0 Å². The van der Waals surface area contributed by atoms with Gasteiger partial charge in [0.1, 0.15) is 6.61 Å². The molecule has 0 aliphatic rings. The lowest BCUT2D eigenvalue weighted by Crippen LogP contribution is -2.24. The van der Waals surface area contributed by atoms with Gasteiger partial charge in [0.2, 0.25) is 0 Å². The van der Waals surface area contributed by atoms with Gasteiger partial charge in [0.05, 0.1) is 7.11 Å². The molecule has 0 aliphatic heterocycles. The second kappa shape index (κ2) is 8.98. The van der Waals surface area contributed by atoms with Crippen molar-refractivity contribution in [3.05, 3.63) is 64.1 Å². The third-order valence-electron chi connectivity index (χ3n) is 3.21. The van der Waals surface area contributed by atoms with Crippen LogP contribution >= 0.6 is 15.9 Å². The van der Waals surface area contributed by atoms with Crippen molar-refractivity contribution in [2.75, 3.05) is 13.7 Å². The minimum atomic E-state index is -0.502. The first kappa shape index (κ1) is 17.9. The zero-order chi connectivity index (χ0) is 17.4. The molecule has 5 nitrogen and oxygen atoms in total. The van der Waals surface area contributed by atoms with Crippen LogP contribution in [-0.2, 0) is 11.3 Å². The first-order valence-electron chi connectivity index (χ1n) is 7.28. The fraction of sp³-hybridized carbons (Fsp3) is 0.167. The number of halogens is 1. The minimum Gasteiger partial charge on any atom is -0.504 e. The van der Waals surface area contributed by atoms with Crippen molar-refractivity contribution in [1.29, 1.82) is 0 Å². The van der Waals surface area contributed by atoms with E-state index in [1.54, 1.807) is 24.3 Å². The van der Waals surface area contributed by atoms with Crippen molar-refractivity contribution >= 4 is 28.1 Å². The number of rotatable bonds is 6. The molecule has 0 radical (unpaired) electrons. The molecule has 2 N–H and O–H groups in total. The van der Waals surface area contributed by atoms with Gasteiger partial charge in [0, 0.05) is 16.6 Å². The van der Waals surface area contributed by atoms with Gasteiger partial charge in [-0.05, 0) is 17.7 Å². The number of amides is 1. The summed E-state index contributed by atoms with van der Waals surface area (Å²) in [5, 5.41) is 12.7. The molecule has 24 heavy (non-hydrogen) atoms. The third-order valence-corrected chi connectivity index (χ3v) is 3.90. The molecule has 0 atom stereocenters. The number of nitrogens with one attached hydrogen (secondary N) is 1. The Balaban J connectivity index is 1.83. The van der Waals surface area contributed by atoms with E-state index in [-0.39, 0.29) is 18.9 Å². The number of carbonyl (C=O) groups excluding carboxylic acids is 1.